The summed E-state index contributed by atoms with van der Waals surface area (Å²) in [7, 11) is 0. The van der Waals surface area contributed by atoms with Crippen LogP contribution in [0.5, 0.6) is 0 Å². The maximum atomic E-state index is 4.26. The van der Waals surface area contributed by atoms with Gasteiger partial charge in [0.15, 0.2) is 0 Å². The molecule has 5 saturated heterocycles. The Kier molecular flexibility index (Phi) is 10.3. The van der Waals surface area contributed by atoms with Gasteiger partial charge in [-0.3, -0.25) is 42.5 Å². The fourth-order valence-electron chi connectivity index (χ4n) is 12.0. The average molecular weight is 621 g/mol. The van der Waals surface area contributed by atoms with Crippen LogP contribution in [0.4, 0.5) is 0 Å². The number of hydrogen-bond donors (Lipinski definition) is 8. The van der Waals surface area contributed by atoms with Gasteiger partial charge in [-0.2, -0.15) is 0 Å². The van der Waals surface area contributed by atoms with Crippen LogP contribution in [-0.4, -0.2) is 71.2 Å². The van der Waals surface area contributed by atoms with Crippen molar-refractivity contribution in [2.24, 2.45) is 47.3 Å². The molecule has 248 valence electrons. The summed E-state index contributed by atoms with van der Waals surface area (Å²) in [6.45, 7) is 0. The Morgan fingerprint density at radius 1 is 0.233 bits per heavy atom. The van der Waals surface area contributed by atoms with Crippen molar-refractivity contribution in [3.8, 4) is 0 Å². The largest absolute Gasteiger partial charge is 0.412 e. The van der Waals surface area contributed by atoms with Crippen molar-refractivity contribution in [1.82, 2.24) is 42.5 Å². The van der Waals surface area contributed by atoms with Gasteiger partial charge in [0, 0.05) is 0 Å². The molecule has 0 aromatic heterocycles. The molecule has 8 bridgehead atoms. The van der Waals surface area contributed by atoms with Crippen LogP contribution in [0.15, 0.2) is 0 Å². The molecule has 8 unspecified atom stereocenters. The Balaban J connectivity index is 0.00000110. The van der Waals surface area contributed by atoms with Crippen LogP contribution in [0.3, 0.4) is 0 Å². The lowest BCUT2D eigenvalue weighted by Crippen LogP contribution is -2.61. The molecule has 0 radical (unpaired) electrons. The van der Waals surface area contributed by atoms with Crippen LogP contribution in [0.25, 0.3) is 0 Å². The number of hydrogen-bond acceptors (Lipinski definition) is 8. The smallest absolute Gasteiger partial charge is 0.0628 e. The summed E-state index contributed by atoms with van der Waals surface area (Å²) < 4.78 is 0. The number of fused-ring (bicyclic) bond motifs is 20. The monoisotopic (exact) mass is 620 g/mol. The minimum atomic E-state index is 0. The second kappa shape index (κ2) is 13.5. The van der Waals surface area contributed by atoms with Gasteiger partial charge >= 0.3 is 0 Å². The molecule has 0 amide bonds. The summed E-state index contributed by atoms with van der Waals surface area (Å²) in [5, 5.41) is 33.8. The van der Waals surface area contributed by atoms with Crippen LogP contribution in [0.1, 0.15) is 103 Å². The van der Waals surface area contributed by atoms with E-state index in [1.165, 1.54) is 103 Å². The quantitative estimate of drug-likeness (QED) is 0.169. The zero-order valence-electron chi connectivity index (χ0n) is 25.6. The molecule has 43 heavy (non-hydrogen) atoms. The van der Waals surface area contributed by atoms with Gasteiger partial charge in [-0.15, -0.1) is 0 Å². The fraction of sp³-hybridized carbons (Fsp3) is 1.00. The zero-order chi connectivity index (χ0) is 26.2. The topological polar surface area (TPSA) is 159 Å². The molecule has 10 nitrogen and oxygen atoms in total. The van der Waals surface area contributed by atoms with E-state index in [2.05, 4.69) is 42.5 Å². The molecule has 4 aliphatic carbocycles. The predicted octanol–water partition coefficient (Wildman–Crippen LogP) is -0.495. The van der Waals surface area contributed by atoms with Crippen molar-refractivity contribution in [1.29, 1.82) is 0 Å². The van der Waals surface area contributed by atoms with E-state index in [0.717, 1.165) is 47.3 Å². The van der Waals surface area contributed by atoms with Crippen LogP contribution < -0.4 is 42.5 Å². The Morgan fingerprint density at radius 2 is 0.349 bits per heavy atom. The lowest BCUT2D eigenvalue weighted by atomic mass is 9.76. The first-order chi connectivity index (χ1) is 19.8. The third-order valence-corrected chi connectivity index (χ3v) is 13.8. The Hall–Kier alpha value is -0.183. The third kappa shape index (κ3) is 5.70. The van der Waals surface area contributed by atoms with E-state index < -0.39 is 0 Å². The summed E-state index contributed by atoms with van der Waals surface area (Å²) in [6, 6.07) is 0. The van der Waals surface area contributed by atoms with Crippen molar-refractivity contribution >= 4 is 11.0 Å². The van der Waals surface area contributed by atoms with Gasteiger partial charge < -0.3 is 11.0 Å². The Morgan fingerprint density at radius 3 is 0.465 bits per heavy atom. The second-order valence-electron chi connectivity index (χ2n) is 15.6. The Bertz CT molecular complexity index is 728. The zero-order valence-corrected chi connectivity index (χ0v) is 25.6. The molecule has 8 atom stereocenters. The molecule has 9 aliphatic rings. The molecule has 4 saturated carbocycles. The lowest BCUT2D eigenvalue weighted by Gasteiger charge is -2.35. The van der Waals surface area contributed by atoms with Gasteiger partial charge in [0.25, 0.3) is 0 Å². The average Bonchev–Trinajstić information content (AvgIpc) is 3.73. The van der Waals surface area contributed by atoms with Crippen molar-refractivity contribution in [2.45, 2.75) is 152 Å². The van der Waals surface area contributed by atoms with E-state index in [1.807, 2.05) is 0 Å². The van der Waals surface area contributed by atoms with Gasteiger partial charge in [0.1, 0.15) is 0 Å². The first-order valence-corrected chi connectivity index (χ1v) is 17.9. The van der Waals surface area contributed by atoms with Crippen molar-refractivity contribution < 1.29 is 11.0 Å². The highest BCUT2D eigenvalue weighted by atomic mass is 28.1. The highest BCUT2D eigenvalue weighted by molar-refractivity contribution is 5.75. The lowest BCUT2D eigenvalue weighted by molar-refractivity contribution is 0.167. The minimum Gasteiger partial charge on any atom is -0.412 e. The van der Waals surface area contributed by atoms with Gasteiger partial charge in [0.05, 0.1) is 49.3 Å². The van der Waals surface area contributed by atoms with E-state index >= 15 is 0 Å². The standard InChI is InChI=1S/C32H56N8.2H2O.H4Si/c1-2-10-18-17(9-1)25-33-26(18)38-28-21-13-5-6-14-22(21)30(35-28)40-32-24-16-8-7-15-23(24)31(36-32)39-29-20-12-4-3-11-19(20)27(34-29)37-25;;;/h17-40H,1-16H2;2*1H2;1H4. The van der Waals surface area contributed by atoms with E-state index in [0.29, 0.717) is 49.3 Å². The molecule has 11 heteroatoms. The molecule has 0 spiro atoms. The normalized spacial score (nSPS) is 53.6. The van der Waals surface area contributed by atoms with Crippen LogP contribution in [0, 0.1) is 47.3 Å². The van der Waals surface area contributed by atoms with Crippen LogP contribution >= 0.6 is 0 Å². The maximum Gasteiger partial charge on any atom is 0.0628 e. The molecule has 12 N–H and O–H groups in total. The van der Waals surface area contributed by atoms with Crippen LogP contribution in [0.2, 0.25) is 0 Å². The first-order valence-electron chi connectivity index (χ1n) is 17.9. The summed E-state index contributed by atoms with van der Waals surface area (Å²) in [4.78, 5) is 0. The van der Waals surface area contributed by atoms with Crippen LogP contribution in [-0.2, 0) is 0 Å². The van der Waals surface area contributed by atoms with Gasteiger partial charge in [-0.25, -0.2) is 0 Å². The highest BCUT2D eigenvalue weighted by Crippen LogP contribution is 2.45. The molecule has 5 heterocycles. The first kappa shape index (κ1) is 32.7. The van der Waals surface area contributed by atoms with Gasteiger partial charge in [0.2, 0.25) is 0 Å². The Labute approximate surface area is 263 Å². The highest BCUT2D eigenvalue weighted by Gasteiger charge is 2.54. The van der Waals surface area contributed by atoms with E-state index in [-0.39, 0.29) is 21.9 Å². The van der Waals surface area contributed by atoms with Crippen molar-refractivity contribution in [3.63, 3.8) is 0 Å². The predicted molar refractivity (Wildman–Crippen MR) is 176 cm³/mol. The SMILES string of the molecule is C1CCC2C3NC(NC4NC(NC5NC(NC6NC(N3)C3CCCCC63)C3CCCCC53)C3CCCCC43)C2C1.O.O.[SiH4]. The summed E-state index contributed by atoms with van der Waals surface area (Å²) in [5.74, 6) is 5.97. The van der Waals surface area contributed by atoms with E-state index in [1.54, 1.807) is 0 Å². The summed E-state index contributed by atoms with van der Waals surface area (Å²) in [5.41, 5.74) is 0. The fourth-order valence-corrected chi connectivity index (χ4v) is 12.0. The van der Waals surface area contributed by atoms with E-state index in [9.17, 15) is 0 Å². The summed E-state index contributed by atoms with van der Waals surface area (Å²) in [6.07, 6.45) is 25.6. The molecular formula is C32H64N8O2Si. The molecule has 5 aliphatic heterocycles. The van der Waals surface area contributed by atoms with Gasteiger partial charge in [-0.1, -0.05) is 51.4 Å². The minimum absolute atomic E-state index is 0. The maximum absolute atomic E-state index is 4.26. The van der Waals surface area contributed by atoms with E-state index in [4.69, 9.17) is 0 Å². The molecule has 0 aromatic rings. The number of nitrogens with one attached hydrogen (secondary N) is 8. The molecular weight excluding hydrogens is 556 g/mol. The molecule has 0 aromatic carbocycles. The van der Waals surface area contributed by atoms with Crippen molar-refractivity contribution in [2.75, 3.05) is 0 Å². The third-order valence-electron chi connectivity index (χ3n) is 13.8. The van der Waals surface area contributed by atoms with Gasteiger partial charge in [-0.05, 0) is 110 Å². The second-order valence-corrected chi connectivity index (χ2v) is 15.6. The number of rotatable bonds is 0. The molecule has 9 rings (SSSR count). The summed E-state index contributed by atoms with van der Waals surface area (Å²) >= 11 is 0. The van der Waals surface area contributed by atoms with Crippen molar-refractivity contribution in [3.05, 3.63) is 0 Å². The molecule has 9 fully saturated rings.